The van der Waals surface area contributed by atoms with Gasteiger partial charge in [0.15, 0.2) is 0 Å². The lowest BCUT2D eigenvalue weighted by Gasteiger charge is -2.32. The molecule has 0 aromatic carbocycles. The smallest absolute Gasteiger partial charge is 0.270 e. The topological polar surface area (TPSA) is 91.3 Å². The van der Waals surface area contributed by atoms with Gasteiger partial charge in [0, 0.05) is 38.1 Å². The molecule has 0 bridgehead atoms. The molecule has 2 amide bonds. The Morgan fingerprint density at radius 3 is 2.72 bits per heavy atom. The summed E-state index contributed by atoms with van der Waals surface area (Å²) in [5.41, 5.74) is 1.84. The number of rotatable bonds is 5. The molecule has 8 heteroatoms. The van der Waals surface area contributed by atoms with Gasteiger partial charge in [-0.15, -0.1) is 0 Å². The molecule has 2 aromatic heterocycles. The minimum Gasteiger partial charge on any atom is -0.345 e. The highest BCUT2D eigenvalue weighted by atomic mass is 16.2. The van der Waals surface area contributed by atoms with E-state index in [0.717, 1.165) is 17.8 Å². The van der Waals surface area contributed by atoms with E-state index in [9.17, 15) is 9.59 Å². The van der Waals surface area contributed by atoms with E-state index < -0.39 is 0 Å². The molecule has 0 unspecified atom stereocenters. The summed E-state index contributed by atoms with van der Waals surface area (Å²) in [6.07, 6.45) is 2.54. The van der Waals surface area contributed by atoms with Gasteiger partial charge in [-0.2, -0.15) is 0 Å². The van der Waals surface area contributed by atoms with Gasteiger partial charge in [0.25, 0.3) is 5.91 Å². The molecule has 2 aromatic rings. The number of aromatic nitrogens is 3. The number of hydrogen-bond donors (Lipinski definition) is 1. The number of amides is 2. The molecule has 3 rings (SSSR count). The molecule has 1 N–H and O–H groups in total. The number of anilines is 1. The molecular weight excluding hydrogens is 320 g/mol. The van der Waals surface area contributed by atoms with Gasteiger partial charge >= 0.3 is 0 Å². The fourth-order valence-corrected chi connectivity index (χ4v) is 2.60. The van der Waals surface area contributed by atoms with Crippen molar-refractivity contribution in [2.45, 2.75) is 13.5 Å². The van der Waals surface area contributed by atoms with Crippen LogP contribution in [0.25, 0.3) is 0 Å². The van der Waals surface area contributed by atoms with E-state index in [1.54, 1.807) is 17.2 Å². The average Bonchev–Trinajstić information content (AvgIpc) is 2.66. The number of nitrogens with one attached hydrogen (secondary N) is 1. The Balaban J connectivity index is 1.68. The lowest BCUT2D eigenvalue weighted by molar-refractivity contribution is -0.118. The molecule has 1 aliphatic heterocycles. The van der Waals surface area contributed by atoms with E-state index in [-0.39, 0.29) is 5.91 Å². The van der Waals surface area contributed by atoms with Crippen molar-refractivity contribution >= 4 is 18.3 Å². The number of nitrogens with zero attached hydrogens (tertiary/aromatic N) is 5. The lowest BCUT2D eigenvalue weighted by Crippen LogP contribution is -2.46. The Morgan fingerprint density at radius 2 is 2.04 bits per heavy atom. The Hall–Kier alpha value is -3.03. The average molecular weight is 340 g/mol. The third-order valence-corrected chi connectivity index (χ3v) is 3.98. The maximum absolute atomic E-state index is 12.4. The van der Waals surface area contributed by atoms with E-state index in [0.29, 0.717) is 44.4 Å². The van der Waals surface area contributed by atoms with Crippen LogP contribution in [-0.4, -0.2) is 58.3 Å². The van der Waals surface area contributed by atoms with Crippen molar-refractivity contribution in [2.24, 2.45) is 0 Å². The van der Waals surface area contributed by atoms with Crippen LogP contribution in [-0.2, 0) is 11.3 Å². The minimum absolute atomic E-state index is 0.260. The van der Waals surface area contributed by atoms with E-state index in [2.05, 4.69) is 20.3 Å². The predicted molar refractivity (Wildman–Crippen MR) is 92.0 cm³/mol. The van der Waals surface area contributed by atoms with E-state index in [4.69, 9.17) is 0 Å². The minimum atomic E-state index is -0.260. The highest BCUT2D eigenvalue weighted by molar-refractivity contribution is 5.92. The van der Waals surface area contributed by atoms with Crippen LogP contribution in [0.3, 0.4) is 0 Å². The first-order valence-electron chi connectivity index (χ1n) is 8.14. The molecule has 8 nitrogen and oxygen atoms in total. The first-order chi connectivity index (χ1) is 12.2. The SMILES string of the molecule is Cc1cc(C(=O)NCc2ccccn2)nc(N2CCN(C=O)CC2)n1. The van der Waals surface area contributed by atoms with Gasteiger partial charge in [-0.05, 0) is 25.1 Å². The maximum atomic E-state index is 12.4. The molecule has 3 heterocycles. The quantitative estimate of drug-likeness (QED) is 0.792. The second-order valence-corrected chi connectivity index (χ2v) is 5.83. The monoisotopic (exact) mass is 340 g/mol. The summed E-state index contributed by atoms with van der Waals surface area (Å²) >= 11 is 0. The standard InChI is InChI=1S/C17H20N6O2/c1-13-10-15(16(25)19-11-14-4-2-3-5-18-14)21-17(20-13)23-8-6-22(12-24)7-9-23/h2-5,10,12H,6-9,11H2,1H3,(H,19,25). The van der Waals surface area contributed by atoms with Gasteiger partial charge in [0.05, 0.1) is 12.2 Å². The summed E-state index contributed by atoms with van der Waals surface area (Å²) in [5, 5.41) is 2.82. The fraction of sp³-hybridized carbons (Fsp3) is 0.353. The zero-order valence-electron chi connectivity index (χ0n) is 14.1. The van der Waals surface area contributed by atoms with E-state index >= 15 is 0 Å². The molecule has 130 valence electrons. The van der Waals surface area contributed by atoms with Crippen molar-refractivity contribution in [1.82, 2.24) is 25.2 Å². The molecule has 0 saturated carbocycles. The predicted octanol–water partition coefficient (Wildman–Crippen LogP) is 0.388. The molecule has 25 heavy (non-hydrogen) atoms. The fourth-order valence-electron chi connectivity index (χ4n) is 2.60. The number of carbonyl (C=O) groups is 2. The van der Waals surface area contributed by atoms with Crippen LogP contribution in [0.15, 0.2) is 30.5 Å². The summed E-state index contributed by atoms with van der Waals surface area (Å²) in [6, 6.07) is 7.22. The Bertz CT molecular complexity index is 744. The van der Waals surface area contributed by atoms with Crippen molar-refractivity contribution in [3.8, 4) is 0 Å². The van der Waals surface area contributed by atoms with Gasteiger partial charge in [0.2, 0.25) is 12.4 Å². The van der Waals surface area contributed by atoms with Gasteiger partial charge in [-0.3, -0.25) is 14.6 Å². The second-order valence-electron chi connectivity index (χ2n) is 5.83. The highest BCUT2D eigenvalue weighted by Gasteiger charge is 2.20. The molecule has 1 aliphatic rings. The van der Waals surface area contributed by atoms with Crippen LogP contribution in [0, 0.1) is 6.92 Å². The number of pyridine rings is 1. The lowest BCUT2D eigenvalue weighted by atomic mass is 10.3. The van der Waals surface area contributed by atoms with Crippen LogP contribution in [0.2, 0.25) is 0 Å². The summed E-state index contributed by atoms with van der Waals surface area (Å²) in [4.78, 5) is 39.9. The third kappa shape index (κ3) is 4.28. The van der Waals surface area contributed by atoms with E-state index in [1.165, 1.54) is 0 Å². The van der Waals surface area contributed by atoms with Crippen LogP contribution < -0.4 is 10.2 Å². The highest BCUT2D eigenvalue weighted by Crippen LogP contribution is 2.13. The number of carbonyl (C=O) groups excluding carboxylic acids is 2. The maximum Gasteiger partial charge on any atom is 0.270 e. The van der Waals surface area contributed by atoms with Gasteiger partial charge in [-0.1, -0.05) is 6.07 Å². The number of piperazine rings is 1. The van der Waals surface area contributed by atoms with Crippen molar-refractivity contribution in [3.63, 3.8) is 0 Å². The first kappa shape index (κ1) is 16.8. The molecule has 1 saturated heterocycles. The molecule has 0 spiro atoms. The van der Waals surface area contributed by atoms with Crippen LogP contribution >= 0.6 is 0 Å². The third-order valence-electron chi connectivity index (χ3n) is 3.98. The second kappa shape index (κ2) is 7.69. The molecule has 1 fully saturated rings. The summed E-state index contributed by atoms with van der Waals surface area (Å²) < 4.78 is 0. The first-order valence-corrected chi connectivity index (χ1v) is 8.14. The van der Waals surface area contributed by atoms with Crippen molar-refractivity contribution in [3.05, 3.63) is 47.5 Å². The zero-order chi connectivity index (χ0) is 17.6. The van der Waals surface area contributed by atoms with Crippen LogP contribution in [0.4, 0.5) is 5.95 Å². The zero-order valence-corrected chi connectivity index (χ0v) is 14.1. The van der Waals surface area contributed by atoms with Crippen molar-refractivity contribution in [2.75, 3.05) is 31.1 Å². The Labute approximate surface area is 145 Å². The van der Waals surface area contributed by atoms with Crippen LogP contribution in [0.1, 0.15) is 21.9 Å². The normalized spacial score (nSPS) is 14.3. The number of aryl methyl sites for hydroxylation is 1. The van der Waals surface area contributed by atoms with Crippen molar-refractivity contribution < 1.29 is 9.59 Å². The van der Waals surface area contributed by atoms with Crippen molar-refractivity contribution in [1.29, 1.82) is 0 Å². The molecule has 0 atom stereocenters. The van der Waals surface area contributed by atoms with Gasteiger partial charge in [0.1, 0.15) is 5.69 Å². The summed E-state index contributed by atoms with van der Waals surface area (Å²) in [6.45, 7) is 4.73. The Morgan fingerprint density at radius 1 is 1.24 bits per heavy atom. The largest absolute Gasteiger partial charge is 0.345 e. The van der Waals surface area contributed by atoms with Crippen LogP contribution in [0.5, 0.6) is 0 Å². The van der Waals surface area contributed by atoms with E-state index in [1.807, 2.05) is 30.0 Å². The molecule has 0 radical (unpaired) electrons. The van der Waals surface area contributed by atoms with Gasteiger partial charge < -0.3 is 15.1 Å². The summed E-state index contributed by atoms with van der Waals surface area (Å²) in [5.74, 6) is 0.262. The molecular formula is C17H20N6O2. The summed E-state index contributed by atoms with van der Waals surface area (Å²) in [7, 11) is 0. The molecule has 0 aliphatic carbocycles. The number of hydrogen-bond acceptors (Lipinski definition) is 6. The van der Waals surface area contributed by atoms with Gasteiger partial charge in [-0.25, -0.2) is 9.97 Å². The Kier molecular flexibility index (Phi) is 5.17.